The van der Waals surface area contributed by atoms with E-state index in [0.717, 1.165) is 10.9 Å². The summed E-state index contributed by atoms with van der Waals surface area (Å²) >= 11 is 0. The minimum absolute atomic E-state index is 0.0743. The fourth-order valence-corrected chi connectivity index (χ4v) is 1.79. The molecular weight excluding hydrogens is 226 g/mol. The summed E-state index contributed by atoms with van der Waals surface area (Å²) in [5, 5.41) is 12.6. The molecule has 0 saturated heterocycles. The van der Waals surface area contributed by atoms with Crippen molar-refractivity contribution < 1.29 is 4.79 Å². The predicted molar refractivity (Wildman–Crippen MR) is 69.9 cm³/mol. The second-order valence-electron chi connectivity index (χ2n) is 3.92. The van der Waals surface area contributed by atoms with Crippen LogP contribution in [0, 0.1) is 11.3 Å². The van der Waals surface area contributed by atoms with E-state index in [9.17, 15) is 4.79 Å². The number of carbonyl (C=O) groups excluding carboxylic acids is 1. The Kier molecular flexibility index (Phi) is 3.44. The van der Waals surface area contributed by atoms with Crippen molar-refractivity contribution in [1.82, 2.24) is 9.88 Å². The van der Waals surface area contributed by atoms with Crippen LogP contribution in [0.25, 0.3) is 10.9 Å². The van der Waals surface area contributed by atoms with E-state index in [0.29, 0.717) is 12.1 Å². The Morgan fingerprint density at radius 1 is 1.50 bits per heavy atom. The SMILES string of the molecule is C=CCNC(=O)Cn1ccc2ccc(C#N)cc21. The molecular formula is C14H13N3O. The third-order valence-electron chi connectivity index (χ3n) is 2.66. The van der Waals surface area contributed by atoms with Gasteiger partial charge in [-0.05, 0) is 23.6 Å². The third-order valence-corrected chi connectivity index (χ3v) is 2.66. The smallest absolute Gasteiger partial charge is 0.240 e. The van der Waals surface area contributed by atoms with Crippen LogP contribution in [-0.4, -0.2) is 17.0 Å². The minimum atomic E-state index is -0.0743. The second kappa shape index (κ2) is 5.19. The number of carbonyl (C=O) groups is 1. The molecule has 0 radical (unpaired) electrons. The van der Waals surface area contributed by atoms with Gasteiger partial charge in [0.2, 0.25) is 5.91 Å². The van der Waals surface area contributed by atoms with Gasteiger partial charge in [-0.3, -0.25) is 4.79 Å². The molecule has 0 aliphatic carbocycles. The number of amides is 1. The number of hydrogen-bond acceptors (Lipinski definition) is 2. The van der Waals surface area contributed by atoms with Crippen LogP contribution < -0.4 is 5.32 Å². The minimum Gasteiger partial charge on any atom is -0.351 e. The highest BCUT2D eigenvalue weighted by molar-refractivity contribution is 5.84. The predicted octanol–water partition coefficient (Wildman–Crippen LogP) is 1.82. The van der Waals surface area contributed by atoms with Crippen LogP contribution in [0.3, 0.4) is 0 Å². The highest BCUT2D eigenvalue weighted by atomic mass is 16.1. The molecule has 90 valence electrons. The van der Waals surface area contributed by atoms with Crippen LogP contribution in [0.15, 0.2) is 43.1 Å². The summed E-state index contributed by atoms with van der Waals surface area (Å²) in [5.74, 6) is -0.0743. The molecule has 0 saturated carbocycles. The van der Waals surface area contributed by atoms with Gasteiger partial charge in [-0.15, -0.1) is 6.58 Å². The van der Waals surface area contributed by atoms with Crippen molar-refractivity contribution in [3.63, 3.8) is 0 Å². The number of nitrogens with one attached hydrogen (secondary N) is 1. The average molecular weight is 239 g/mol. The standard InChI is InChI=1S/C14H13N3O/c1-2-6-16-14(18)10-17-7-5-12-4-3-11(9-15)8-13(12)17/h2-5,7-8H,1,6,10H2,(H,16,18). The van der Waals surface area contributed by atoms with Crippen LogP contribution in [0.4, 0.5) is 0 Å². The Morgan fingerprint density at radius 2 is 2.33 bits per heavy atom. The summed E-state index contributed by atoms with van der Waals surface area (Å²) in [6.45, 7) is 4.25. The first-order chi connectivity index (χ1) is 8.74. The molecule has 0 atom stereocenters. The molecule has 0 spiro atoms. The normalized spacial score (nSPS) is 9.94. The molecule has 2 rings (SSSR count). The molecule has 0 bridgehead atoms. The highest BCUT2D eigenvalue weighted by Crippen LogP contribution is 2.17. The maximum Gasteiger partial charge on any atom is 0.240 e. The van der Waals surface area contributed by atoms with E-state index < -0.39 is 0 Å². The van der Waals surface area contributed by atoms with Crippen LogP contribution in [0.1, 0.15) is 5.56 Å². The lowest BCUT2D eigenvalue weighted by Gasteiger charge is -2.05. The van der Waals surface area contributed by atoms with Gasteiger partial charge in [-0.2, -0.15) is 5.26 Å². The summed E-state index contributed by atoms with van der Waals surface area (Å²) in [6, 6.07) is 9.46. The van der Waals surface area contributed by atoms with E-state index in [1.165, 1.54) is 0 Å². The van der Waals surface area contributed by atoms with Crippen molar-refractivity contribution >= 4 is 16.8 Å². The maximum atomic E-state index is 11.6. The number of fused-ring (bicyclic) bond motifs is 1. The molecule has 4 nitrogen and oxygen atoms in total. The van der Waals surface area contributed by atoms with Gasteiger partial charge in [0.25, 0.3) is 0 Å². The summed E-state index contributed by atoms with van der Waals surface area (Å²) in [5.41, 5.74) is 1.48. The van der Waals surface area contributed by atoms with Crippen LogP contribution >= 0.6 is 0 Å². The number of aromatic nitrogens is 1. The Balaban J connectivity index is 2.25. The topological polar surface area (TPSA) is 57.8 Å². The molecule has 0 aliphatic rings. The van der Waals surface area contributed by atoms with Gasteiger partial charge in [0.15, 0.2) is 0 Å². The second-order valence-corrected chi connectivity index (χ2v) is 3.92. The van der Waals surface area contributed by atoms with Crippen LogP contribution in [0.5, 0.6) is 0 Å². The van der Waals surface area contributed by atoms with E-state index >= 15 is 0 Å². The molecule has 1 aromatic heterocycles. The Bertz CT molecular complexity index is 634. The Labute approximate surface area is 105 Å². The fourth-order valence-electron chi connectivity index (χ4n) is 1.79. The molecule has 2 aromatic rings. The van der Waals surface area contributed by atoms with Crippen molar-refractivity contribution in [2.45, 2.75) is 6.54 Å². The summed E-state index contributed by atoms with van der Waals surface area (Å²) < 4.78 is 1.83. The molecule has 0 unspecified atom stereocenters. The summed E-state index contributed by atoms with van der Waals surface area (Å²) in [4.78, 5) is 11.6. The van der Waals surface area contributed by atoms with Crippen molar-refractivity contribution in [2.75, 3.05) is 6.54 Å². The number of nitriles is 1. The van der Waals surface area contributed by atoms with Crippen molar-refractivity contribution in [2.24, 2.45) is 0 Å². The number of benzene rings is 1. The van der Waals surface area contributed by atoms with Crippen molar-refractivity contribution in [3.8, 4) is 6.07 Å². The van der Waals surface area contributed by atoms with Gasteiger partial charge in [-0.1, -0.05) is 12.1 Å². The van der Waals surface area contributed by atoms with Crippen molar-refractivity contribution in [1.29, 1.82) is 5.26 Å². The molecule has 0 aliphatic heterocycles. The zero-order valence-electron chi connectivity index (χ0n) is 9.89. The lowest BCUT2D eigenvalue weighted by Crippen LogP contribution is -2.27. The lowest BCUT2D eigenvalue weighted by atomic mass is 10.2. The van der Waals surface area contributed by atoms with Gasteiger partial charge in [0, 0.05) is 18.3 Å². The average Bonchev–Trinajstić information content (AvgIpc) is 2.78. The molecule has 4 heteroatoms. The van der Waals surface area contributed by atoms with Crippen molar-refractivity contribution in [3.05, 3.63) is 48.7 Å². The maximum absolute atomic E-state index is 11.6. The van der Waals surface area contributed by atoms with Crippen LogP contribution in [0.2, 0.25) is 0 Å². The van der Waals surface area contributed by atoms with Gasteiger partial charge in [-0.25, -0.2) is 0 Å². The van der Waals surface area contributed by atoms with E-state index in [4.69, 9.17) is 5.26 Å². The Hall–Kier alpha value is -2.54. The third kappa shape index (κ3) is 2.41. The summed E-state index contributed by atoms with van der Waals surface area (Å²) in [7, 11) is 0. The molecule has 1 amide bonds. The molecule has 1 aromatic carbocycles. The van der Waals surface area contributed by atoms with E-state index in [1.54, 1.807) is 18.2 Å². The summed E-state index contributed by atoms with van der Waals surface area (Å²) in [6.07, 6.45) is 3.48. The zero-order chi connectivity index (χ0) is 13.0. The van der Waals surface area contributed by atoms with Gasteiger partial charge in [0.05, 0.1) is 11.6 Å². The number of rotatable bonds is 4. The number of nitrogens with zero attached hydrogens (tertiary/aromatic N) is 2. The number of hydrogen-bond donors (Lipinski definition) is 1. The van der Waals surface area contributed by atoms with E-state index in [1.807, 2.05) is 22.9 Å². The molecule has 18 heavy (non-hydrogen) atoms. The van der Waals surface area contributed by atoms with Gasteiger partial charge in [0.1, 0.15) is 6.54 Å². The lowest BCUT2D eigenvalue weighted by molar-refractivity contribution is -0.121. The first kappa shape index (κ1) is 11.9. The first-order valence-electron chi connectivity index (χ1n) is 5.61. The quantitative estimate of drug-likeness (QED) is 0.827. The Morgan fingerprint density at radius 3 is 3.06 bits per heavy atom. The van der Waals surface area contributed by atoms with Crippen LogP contribution in [-0.2, 0) is 11.3 Å². The van der Waals surface area contributed by atoms with E-state index in [2.05, 4.69) is 18.0 Å². The molecule has 0 fully saturated rings. The first-order valence-corrected chi connectivity index (χ1v) is 5.61. The van der Waals surface area contributed by atoms with Gasteiger partial charge < -0.3 is 9.88 Å². The largest absolute Gasteiger partial charge is 0.351 e. The highest BCUT2D eigenvalue weighted by Gasteiger charge is 2.06. The molecule has 1 N–H and O–H groups in total. The zero-order valence-corrected chi connectivity index (χ0v) is 9.89. The monoisotopic (exact) mass is 239 g/mol. The molecule has 1 heterocycles. The van der Waals surface area contributed by atoms with E-state index in [-0.39, 0.29) is 12.5 Å². The fraction of sp³-hybridized carbons (Fsp3) is 0.143. The van der Waals surface area contributed by atoms with Gasteiger partial charge >= 0.3 is 0 Å².